The lowest BCUT2D eigenvalue weighted by molar-refractivity contribution is -0.123. The summed E-state index contributed by atoms with van der Waals surface area (Å²) in [4.78, 5) is 16.3. The van der Waals surface area contributed by atoms with Crippen molar-refractivity contribution < 1.29 is 4.79 Å². The molecular formula is C20H23N5O. The van der Waals surface area contributed by atoms with Gasteiger partial charge in [0.15, 0.2) is 0 Å². The molecule has 6 heteroatoms. The molecule has 0 spiro atoms. The second kappa shape index (κ2) is 7.93. The Balaban J connectivity index is 1.90. The molecule has 1 aromatic carbocycles. The van der Waals surface area contributed by atoms with Crippen LogP contribution >= 0.6 is 0 Å². The molecule has 0 fully saturated rings. The molecular weight excluding hydrogens is 326 g/mol. The molecule has 0 saturated carbocycles. The summed E-state index contributed by atoms with van der Waals surface area (Å²) in [5.74, 6) is -0.0742. The van der Waals surface area contributed by atoms with E-state index in [2.05, 4.69) is 10.3 Å². The first kappa shape index (κ1) is 17.8. The van der Waals surface area contributed by atoms with Crippen molar-refractivity contribution in [2.24, 2.45) is 11.7 Å². The van der Waals surface area contributed by atoms with Gasteiger partial charge >= 0.3 is 0 Å². The van der Waals surface area contributed by atoms with E-state index in [1.807, 2.05) is 67.2 Å². The second-order valence-corrected chi connectivity index (χ2v) is 6.51. The maximum atomic E-state index is 12.2. The maximum Gasteiger partial charge on any atom is 0.237 e. The van der Waals surface area contributed by atoms with Crippen LogP contribution in [0.2, 0.25) is 0 Å². The minimum Gasteiger partial charge on any atom is -0.351 e. The molecule has 0 radical (unpaired) electrons. The molecule has 0 aliphatic heterocycles. The molecule has 0 unspecified atom stereocenters. The van der Waals surface area contributed by atoms with Gasteiger partial charge in [-0.2, -0.15) is 5.10 Å². The van der Waals surface area contributed by atoms with Crippen molar-refractivity contribution in [3.8, 4) is 16.9 Å². The average molecular weight is 349 g/mol. The lowest BCUT2D eigenvalue weighted by Crippen LogP contribution is -2.43. The third-order valence-corrected chi connectivity index (χ3v) is 4.24. The first-order chi connectivity index (χ1) is 12.6. The van der Waals surface area contributed by atoms with Gasteiger partial charge in [0, 0.05) is 36.3 Å². The van der Waals surface area contributed by atoms with Gasteiger partial charge in [-0.05, 0) is 30.2 Å². The molecule has 2 aromatic heterocycles. The summed E-state index contributed by atoms with van der Waals surface area (Å²) in [6.45, 7) is 4.23. The molecule has 3 aromatic rings. The molecule has 0 saturated heterocycles. The summed E-state index contributed by atoms with van der Waals surface area (Å²) in [7, 11) is 0. The number of amides is 1. The summed E-state index contributed by atoms with van der Waals surface area (Å²) in [5, 5.41) is 7.64. The number of pyridine rings is 1. The summed E-state index contributed by atoms with van der Waals surface area (Å²) < 4.78 is 1.82. The van der Waals surface area contributed by atoms with Crippen molar-refractivity contribution in [2.45, 2.75) is 26.4 Å². The number of aromatic nitrogens is 3. The standard InChI is InChI=1S/C20H23N5O/c1-14(2)18(21)20(26)23-12-16-13-25(17-6-4-3-5-7-17)24-19(16)15-8-10-22-11-9-15/h3-11,13-14,18H,12,21H2,1-2H3,(H,23,26)/t18-/m0/s1. The highest BCUT2D eigenvalue weighted by Crippen LogP contribution is 2.23. The summed E-state index contributed by atoms with van der Waals surface area (Å²) in [6.07, 6.45) is 5.40. The molecule has 2 heterocycles. The zero-order chi connectivity index (χ0) is 18.5. The predicted molar refractivity (Wildman–Crippen MR) is 101 cm³/mol. The van der Waals surface area contributed by atoms with E-state index in [4.69, 9.17) is 10.8 Å². The van der Waals surface area contributed by atoms with Crippen molar-refractivity contribution in [3.63, 3.8) is 0 Å². The van der Waals surface area contributed by atoms with Gasteiger partial charge in [0.1, 0.15) is 0 Å². The highest BCUT2D eigenvalue weighted by atomic mass is 16.2. The fraction of sp³-hybridized carbons (Fsp3) is 0.250. The lowest BCUT2D eigenvalue weighted by atomic mass is 10.0. The topological polar surface area (TPSA) is 85.8 Å². The average Bonchev–Trinajstić information content (AvgIpc) is 3.11. The molecule has 1 amide bonds. The van der Waals surface area contributed by atoms with E-state index in [1.165, 1.54) is 0 Å². The van der Waals surface area contributed by atoms with Gasteiger partial charge in [-0.1, -0.05) is 32.0 Å². The van der Waals surface area contributed by atoms with Crippen LogP contribution in [0.4, 0.5) is 0 Å². The van der Waals surface area contributed by atoms with E-state index < -0.39 is 6.04 Å². The quantitative estimate of drug-likeness (QED) is 0.716. The molecule has 0 aliphatic rings. The Kier molecular flexibility index (Phi) is 5.43. The van der Waals surface area contributed by atoms with Crippen molar-refractivity contribution in [3.05, 3.63) is 66.6 Å². The van der Waals surface area contributed by atoms with Gasteiger partial charge < -0.3 is 11.1 Å². The first-order valence-electron chi connectivity index (χ1n) is 8.64. The Bertz CT molecular complexity index is 858. The van der Waals surface area contributed by atoms with E-state index in [1.54, 1.807) is 12.4 Å². The summed E-state index contributed by atoms with van der Waals surface area (Å²) in [6, 6.07) is 13.2. The van der Waals surface area contributed by atoms with Gasteiger partial charge in [-0.25, -0.2) is 4.68 Å². The normalized spacial score (nSPS) is 12.2. The number of nitrogens with zero attached hydrogens (tertiary/aromatic N) is 3. The summed E-state index contributed by atoms with van der Waals surface area (Å²) in [5.41, 5.74) is 9.57. The Morgan fingerprint density at radius 1 is 1.15 bits per heavy atom. The molecule has 3 rings (SSSR count). The Hall–Kier alpha value is -2.99. The maximum absolute atomic E-state index is 12.2. The Labute approximate surface area is 153 Å². The Morgan fingerprint density at radius 3 is 2.50 bits per heavy atom. The van der Waals surface area contributed by atoms with E-state index in [-0.39, 0.29) is 11.8 Å². The van der Waals surface area contributed by atoms with Crippen LogP contribution in [0.25, 0.3) is 16.9 Å². The van der Waals surface area contributed by atoms with Crippen LogP contribution in [-0.2, 0) is 11.3 Å². The Morgan fingerprint density at radius 2 is 1.85 bits per heavy atom. The lowest BCUT2D eigenvalue weighted by Gasteiger charge is -2.15. The van der Waals surface area contributed by atoms with Crippen molar-refractivity contribution in [1.29, 1.82) is 0 Å². The van der Waals surface area contributed by atoms with Crippen molar-refractivity contribution in [1.82, 2.24) is 20.1 Å². The number of hydrogen-bond acceptors (Lipinski definition) is 4. The largest absolute Gasteiger partial charge is 0.351 e. The number of hydrogen-bond donors (Lipinski definition) is 2. The van der Waals surface area contributed by atoms with Crippen LogP contribution in [0.5, 0.6) is 0 Å². The number of nitrogens with one attached hydrogen (secondary N) is 1. The number of carbonyl (C=O) groups is 1. The van der Waals surface area contributed by atoms with E-state index in [9.17, 15) is 4.79 Å². The smallest absolute Gasteiger partial charge is 0.237 e. The molecule has 6 nitrogen and oxygen atoms in total. The molecule has 134 valence electrons. The SMILES string of the molecule is CC(C)[C@H](N)C(=O)NCc1cn(-c2ccccc2)nc1-c1ccncc1. The fourth-order valence-corrected chi connectivity index (χ4v) is 2.61. The van der Waals surface area contributed by atoms with Gasteiger partial charge in [0.05, 0.1) is 17.4 Å². The minimum absolute atomic E-state index is 0.0849. The number of rotatable bonds is 6. The van der Waals surface area contributed by atoms with Gasteiger partial charge in [-0.3, -0.25) is 9.78 Å². The van der Waals surface area contributed by atoms with Crippen LogP contribution < -0.4 is 11.1 Å². The van der Waals surface area contributed by atoms with E-state index in [0.717, 1.165) is 22.5 Å². The number of nitrogens with two attached hydrogens (primary N) is 1. The van der Waals surface area contributed by atoms with Crippen LogP contribution in [0.3, 0.4) is 0 Å². The van der Waals surface area contributed by atoms with E-state index in [0.29, 0.717) is 6.54 Å². The van der Waals surface area contributed by atoms with Crippen LogP contribution in [0.1, 0.15) is 19.4 Å². The molecule has 1 atom stereocenters. The molecule has 26 heavy (non-hydrogen) atoms. The highest BCUT2D eigenvalue weighted by Gasteiger charge is 2.18. The molecule has 3 N–H and O–H groups in total. The molecule has 0 aliphatic carbocycles. The first-order valence-corrected chi connectivity index (χ1v) is 8.64. The monoisotopic (exact) mass is 349 g/mol. The highest BCUT2D eigenvalue weighted by molar-refractivity contribution is 5.81. The zero-order valence-electron chi connectivity index (χ0n) is 15.0. The van der Waals surface area contributed by atoms with Crippen LogP contribution in [0, 0.1) is 5.92 Å². The van der Waals surface area contributed by atoms with E-state index >= 15 is 0 Å². The van der Waals surface area contributed by atoms with Crippen LogP contribution in [0.15, 0.2) is 61.1 Å². The predicted octanol–water partition coefficient (Wildman–Crippen LogP) is 2.53. The minimum atomic E-state index is -0.524. The number of carbonyl (C=O) groups excluding carboxylic acids is 1. The number of para-hydroxylation sites is 1. The fourth-order valence-electron chi connectivity index (χ4n) is 2.61. The third kappa shape index (κ3) is 3.97. The van der Waals surface area contributed by atoms with Crippen molar-refractivity contribution >= 4 is 5.91 Å². The number of benzene rings is 1. The zero-order valence-corrected chi connectivity index (χ0v) is 15.0. The van der Waals surface area contributed by atoms with Gasteiger partial charge in [-0.15, -0.1) is 0 Å². The molecule has 0 bridgehead atoms. The summed E-state index contributed by atoms with van der Waals surface area (Å²) >= 11 is 0. The second-order valence-electron chi connectivity index (χ2n) is 6.51. The van der Waals surface area contributed by atoms with Gasteiger partial charge in [0.25, 0.3) is 0 Å². The van der Waals surface area contributed by atoms with Crippen LogP contribution in [-0.4, -0.2) is 26.7 Å². The van der Waals surface area contributed by atoms with Crippen molar-refractivity contribution in [2.75, 3.05) is 0 Å². The third-order valence-electron chi connectivity index (χ3n) is 4.24. The van der Waals surface area contributed by atoms with Gasteiger partial charge in [0.2, 0.25) is 5.91 Å².